The molecule has 0 radical (unpaired) electrons. The number of rotatable bonds is 0. The molecule has 3 nitrogen and oxygen atoms in total. The summed E-state index contributed by atoms with van der Waals surface area (Å²) in [7, 11) is 0. The van der Waals surface area contributed by atoms with Crippen LogP contribution < -0.4 is 4.74 Å². The molecular formula is C26H12F2N2O. The molecule has 0 atom stereocenters. The van der Waals surface area contributed by atoms with Crippen molar-refractivity contribution in [1.82, 2.24) is 9.97 Å². The standard InChI is InChI=1S/C26H12F2N2O/c27-20-10-13-5-6-15-16-7-8-29-25-19-9-14-3-1-2-4-22(14)30-26(19)31-23(24(16)25)12-18(15)17(13)11-21(20)28/h1-12H. The van der Waals surface area contributed by atoms with Crippen LogP contribution in [0.5, 0.6) is 11.6 Å². The van der Waals surface area contributed by atoms with Crippen molar-refractivity contribution in [2.24, 2.45) is 0 Å². The van der Waals surface area contributed by atoms with Crippen LogP contribution in [-0.2, 0) is 0 Å². The van der Waals surface area contributed by atoms with Crippen LogP contribution in [0.3, 0.4) is 0 Å². The number of aromatic nitrogens is 2. The maximum absolute atomic E-state index is 14.1. The fourth-order valence-corrected chi connectivity index (χ4v) is 4.61. The zero-order valence-corrected chi connectivity index (χ0v) is 16.0. The first-order valence-corrected chi connectivity index (χ1v) is 9.88. The van der Waals surface area contributed by atoms with Crippen molar-refractivity contribution in [3.8, 4) is 22.9 Å². The van der Waals surface area contributed by atoms with Crippen LogP contribution in [0.1, 0.15) is 0 Å². The van der Waals surface area contributed by atoms with Crippen molar-refractivity contribution in [2.75, 3.05) is 0 Å². The summed E-state index contributed by atoms with van der Waals surface area (Å²) >= 11 is 0. The Morgan fingerprint density at radius 2 is 1.58 bits per heavy atom. The van der Waals surface area contributed by atoms with E-state index in [0.717, 1.165) is 43.7 Å². The van der Waals surface area contributed by atoms with Gasteiger partial charge in [0.05, 0.1) is 22.2 Å². The highest BCUT2D eigenvalue weighted by Crippen LogP contribution is 2.48. The second-order valence-corrected chi connectivity index (χ2v) is 7.74. The molecule has 0 amide bonds. The van der Waals surface area contributed by atoms with Gasteiger partial charge in [-0.1, -0.05) is 30.3 Å². The molecule has 0 saturated carbocycles. The summed E-state index contributed by atoms with van der Waals surface area (Å²) in [4.78, 5) is 9.35. The van der Waals surface area contributed by atoms with Gasteiger partial charge in [0.15, 0.2) is 11.6 Å². The van der Waals surface area contributed by atoms with Gasteiger partial charge in [0.25, 0.3) is 0 Å². The maximum Gasteiger partial charge on any atom is 0.229 e. The molecule has 3 heterocycles. The first kappa shape index (κ1) is 16.7. The zero-order chi connectivity index (χ0) is 20.7. The van der Waals surface area contributed by atoms with Gasteiger partial charge in [-0.25, -0.2) is 13.8 Å². The van der Waals surface area contributed by atoms with Gasteiger partial charge in [-0.2, -0.15) is 0 Å². The van der Waals surface area contributed by atoms with E-state index in [9.17, 15) is 8.78 Å². The predicted octanol–water partition coefficient (Wildman–Crippen LogP) is 7.14. The van der Waals surface area contributed by atoms with Crippen LogP contribution in [0.25, 0.3) is 54.5 Å². The van der Waals surface area contributed by atoms with E-state index in [0.29, 0.717) is 22.4 Å². The number of nitrogens with zero attached hydrogens (tertiary/aromatic N) is 2. The summed E-state index contributed by atoms with van der Waals surface area (Å²) in [5.74, 6) is -0.633. The van der Waals surface area contributed by atoms with Gasteiger partial charge >= 0.3 is 0 Å². The van der Waals surface area contributed by atoms with Gasteiger partial charge < -0.3 is 4.74 Å². The highest BCUT2D eigenvalue weighted by atomic mass is 19.2. The SMILES string of the molecule is Fc1cc2ccc3c4ccnc5c4c(cc3c2cc1F)Oc1nc2ccccc2cc1-5. The van der Waals surface area contributed by atoms with E-state index in [4.69, 9.17) is 9.72 Å². The normalized spacial score (nSPS) is 12.5. The van der Waals surface area contributed by atoms with Crippen molar-refractivity contribution < 1.29 is 13.5 Å². The molecule has 4 aromatic carbocycles. The van der Waals surface area contributed by atoms with E-state index in [-0.39, 0.29) is 0 Å². The zero-order valence-electron chi connectivity index (χ0n) is 16.0. The lowest BCUT2D eigenvalue weighted by Gasteiger charge is -2.21. The van der Waals surface area contributed by atoms with Crippen LogP contribution in [0.15, 0.2) is 72.9 Å². The topological polar surface area (TPSA) is 35.0 Å². The summed E-state index contributed by atoms with van der Waals surface area (Å²) in [5, 5.41) is 5.84. The van der Waals surface area contributed by atoms with Crippen LogP contribution in [0.4, 0.5) is 8.78 Å². The molecule has 0 saturated heterocycles. The molecule has 5 heteroatoms. The smallest absolute Gasteiger partial charge is 0.229 e. The first-order chi connectivity index (χ1) is 15.2. The Hall–Kier alpha value is -4.12. The molecule has 0 spiro atoms. The van der Waals surface area contributed by atoms with Gasteiger partial charge in [0, 0.05) is 11.6 Å². The Balaban J connectivity index is 1.63. The van der Waals surface area contributed by atoms with Crippen molar-refractivity contribution in [3.63, 3.8) is 0 Å². The number of fused-ring (bicyclic) bond motifs is 7. The van der Waals surface area contributed by atoms with Gasteiger partial charge in [-0.05, 0) is 63.3 Å². The lowest BCUT2D eigenvalue weighted by molar-refractivity contribution is 0.469. The lowest BCUT2D eigenvalue weighted by Crippen LogP contribution is -2.02. The Bertz CT molecular complexity index is 1740. The number of hydrogen-bond donors (Lipinski definition) is 0. The largest absolute Gasteiger partial charge is 0.438 e. The minimum Gasteiger partial charge on any atom is -0.438 e. The van der Waals surface area contributed by atoms with Crippen LogP contribution in [0, 0.1) is 11.6 Å². The molecule has 6 aromatic rings. The third-order valence-electron chi connectivity index (χ3n) is 6.02. The number of benzene rings is 4. The summed E-state index contributed by atoms with van der Waals surface area (Å²) in [6.07, 6.45) is 1.76. The molecule has 0 fully saturated rings. The van der Waals surface area contributed by atoms with E-state index in [2.05, 4.69) is 4.98 Å². The molecule has 31 heavy (non-hydrogen) atoms. The predicted molar refractivity (Wildman–Crippen MR) is 117 cm³/mol. The summed E-state index contributed by atoms with van der Waals surface area (Å²) in [6, 6.07) is 19.9. The van der Waals surface area contributed by atoms with Gasteiger partial charge in [-0.3, -0.25) is 4.98 Å². The molecule has 0 N–H and O–H groups in total. The number of pyridine rings is 2. The molecule has 0 unspecified atom stereocenters. The monoisotopic (exact) mass is 406 g/mol. The van der Waals surface area contributed by atoms with Crippen LogP contribution >= 0.6 is 0 Å². The quantitative estimate of drug-likeness (QED) is 0.251. The van der Waals surface area contributed by atoms with E-state index in [1.807, 2.05) is 54.6 Å². The van der Waals surface area contributed by atoms with Crippen molar-refractivity contribution in [2.45, 2.75) is 0 Å². The molecule has 0 bridgehead atoms. The maximum atomic E-state index is 14.1. The number of ether oxygens (including phenoxy) is 1. The number of halogens is 2. The fourth-order valence-electron chi connectivity index (χ4n) is 4.61. The van der Waals surface area contributed by atoms with E-state index >= 15 is 0 Å². The number of hydrogen-bond acceptors (Lipinski definition) is 3. The van der Waals surface area contributed by atoms with Gasteiger partial charge in [0.2, 0.25) is 5.88 Å². The third kappa shape index (κ3) is 2.20. The molecule has 0 aliphatic carbocycles. The minimum absolute atomic E-state index is 0.489. The van der Waals surface area contributed by atoms with Crippen LogP contribution in [-0.4, -0.2) is 9.97 Å². The van der Waals surface area contributed by atoms with Gasteiger partial charge in [-0.15, -0.1) is 0 Å². The fraction of sp³-hybridized carbons (Fsp3) is 0. The molecule has 1 aliphatic heterocycles. The second kappa shape index (κ2) is 5.73. The molecular weight excluding hydrogens is 394 g/mol. The third-order valence-corrected chi connectivity index (χ3v) is 6.02. The van der Waals surface area contributed by atoms with Crippen LogP contribution in [0.2, 0.25) is 0 Å². The molecule has 2 aromatic heterocycles. The van der Waals surface area contributed by atoms with E-state index in [1.54, 1.807) is 6.20 Å². The lowest BCUT2D eigenvalue weighted by atomic mass is 9.93. The first-order valence-electron chi connectivity index (χ1n) is 9.88. The Morgan fingerprint density at radius 1 is 0.710 bits per heavy atom. The van der Waals surface area contributed by atoms with Gasteiger partial charge in [0.1, 0.15) is 5.75 Å². The highest BCUT2D eigenvalue weighted by molar-refractivity contribution is 6.21. The second-order valence-electron chi connectivity index (χ2n) is 7.74. The minimum atomic E-state index is -0.872. The summed E-state index contributed by atoms with van der Waals surface area (Å²) in [5.41, 5.74) is 2.48. The van der Waals surface area contributed by atoms with E-state index < -0.39 is 11.6 Å². The Kier molecular flexibility index (Phi) is 3.08. The average Bonchev–Trinajstić information content (AvgIpc) is 2.79. The van der Waals surface area contributed by atoms with Crippen molar-refractivity contribution in [3.05, 3.63) is 84.6 Å². The Morgan fingerprint density at radius 3 is 2.52 bits per heavy atom. The Labute approximate surface area is 174 Å². The average molecular weight is 406 g/mol. The highest BCUT2D eigenvalue weighted by Gasteiger charge is 2.25. The summed E-state index contributed by atoms with van der Waals surface area (Å²) < 4.78 is 34.1. The molecule has 1 aliphatic rings. The van der Waals surface area contributed by atoms with E-state index in [1.165, 1.54) is 12.1 Å². The molecule has 7 rings (SSSR count). The number of para-hydroxylation sites is 1. The van der Waals surface area contributed by atoms with Crippen molar-refractivity contribution in [1.29, 1.82) is 0 Å². The summed E-state index contributed by atoms with van der Waals surface area (Å²) in [6.45, 7) is 0. The van der Waals surface area contributed by atoms with Crippen molar-refractivity contribution >= 4 is 43.2 Å². The molecule has 146 valence electrons.